The normalized spacial score (nSPS) is 11.6. The number of hydrogen-bond acceptors (Lipinski definition) is 1. The van der Waals surface area contributed by atoms with Crippen LogP contribution in [0.25, 0.3) is 0 Å². The highest BCUT2D eigenvalue weighted by molar-refractivity contribution is 5.88. The van der Waals surface area contributed by atoms with Gasteiger partial charge < -0.3 is 9.67 Å². The van der Waals surface area contributed by atoms with Crippen LogP contribution in [0.1, 0.15) is 48.0 Å². The second kappa shape index (κ2) is 5.16. The molecule has 3 heteroatoms. The van der Waals surface area contributed by atoms with Crippen molar-refractivity contribution in [3.05, 3.63) is 58.9 Å². The molecule has 0 amide bonds. The number of nitrogens with zero attached hydrogens (tertiary/aromatic N) is 1. The molecule has 2 aromatic rings. The van der Waals surface area contributed by atoms with Crippen molar-refractivity contribution in [2.24, 2.45) is 0 Å². The van der Waals surface area contributed by atoms with Gasteiger partial charge in [-0.25, -0.2) is 4.79 Å². The van der Waals surface area contributed by atoms with E-state index in [1.54, 1.807) is 6.07 Å². The summed E-state index contributed by atoms with van der Waals surface area (Å²) in [7, 11) is 0. The predicted molar refractivity (Wildman–Crippen MR) is 80.4 cm³/mol. The number of aromatic nitrogens is 1. The standard InChI is InChI=1S/C17H21NO2/c1-12-15(16(19)20)9-10-18(12)11-13-5-7-14(8-6-13)17(2,3)4/h5-10H,11H2,1-4H3,(H,19,20). The molecule has 0 aliphatic heterocycles. The Balaban J connectivity index is 2.21. The largest absolute Gasteiger partial charge is 0.478 e. The number of carboxylic acids is 1. The summed E-state index contributed by atoms with van der Waals surface area (Å²) in [5.41, 5.74) is 3.79. The number of hydrogen-bond donors (Lipinski definition) is 1. The first-order chi connectivity index (χ1) is 9.29. The molecule has 0 saturated heterocycles. The quantitative estimate of drug-likeness (QED) is 0.921. The van der Waals surface area contributed by atoms with E-state index in [0.717, 1.165) is 5.69 Å². The molecule has 1 heterocycles. The summed E-state index contributed by atoms with van der Waals surface area (Å²) in [6.45, 7) is 9.11. The first-order valence-corrected chi connectivity index (χ1v) is 6.77. The zero-order chi connectivity index (χ0) is 14.9. The SMILES string of the molecule is Cc1c(C(=O)O)ccn1Cc1ccc(C(C)(C)C)cc1. The average Bonchev–Trinajstić information content (AvgIpc) is 2.71. The fourth-order valence-corrected chi connectivity index (χ4v) is 2.26. The average molecular weight is 271 g/mol. The van der Waals surface area contributed by atoms with E-state index in [1.807, 2.05) is 17.7 Å². The molecule has 0 aliphatic carbocycles. The number of rotatable bonds is 3. The van der Waals surface area contributed by atoms with Crippen molar-refractivity contribution in [2.75, 3.05) is 0 Å². The second-order valence-electron chi connectivity index (χ2n) is 6.19. The van der Waals surface area contributed by atoms with Gasteiger partial charge in [0.15, 0.2) is 0 Å². The van der Waals surface area contributed by atoms with Gasteiger partial charge in [0.25, 0.3) is 0 Å². The highest BCUT2D eigenvalue weighted by atomic mass is 16.4. The van der Waals surface area contributed by atoms with Gasteiger partial charge in [0, 0.05) is 18.4 Å². The van der Waals surface area contributed by atoms with Crippen LogP contribution in [-0.4, -0.2) is 15.6 Å². The minimum absolute atomic E-state index is 0.151. The maximum Gasteiger partial charge on any atom is 0.337 e. The van der Waals surface area contributed by atoms with E-state index in [9.17, 15) is 4.79 Å². The van der Waals surface area contributed by atoms with Crippen molar-refractivity contribution in [1.29, 1.82) is 0 Å². The number of aromatic carboxylic acids is 1. The molecular formula is C17H21NO2. The third kappa shape index (κ3) is 2.93. The molecule has 2 rings (SSSR count). The molecule has 1 aromatic heterocycles. The Labute approximate surface area is 119 Å². The fourth-order valence-electron chi connectivity index (χ4n) is 2.26. The van der Waals surface area contributed by atoms with Gasteiger partial charge in [-0.2, -0.15) is 0 Å². The molecule has 0 spiro atoms. The van der Waals surface area contributed by atoms with Gasteiger partial charge in [-0.05, 0) is 29.5 Å². The minimum Gasteiger partial charge on any atom is -0.478 e. The van der Waals surface area contributed by atoms with Crippen molar-refractivity contribution in [3.63, 3.8) is 0 Å². The fraction of sp³-hybridized carbons (Fsp3) is 0.353. The number of carbonyl (C=O) groups is 1. The summed E-state index contributed by atoms with van der Waals surface area (Å²) in [5, 5.41) is 9.06. The zero-order valence-corrected chi connectivity index (χ0v) is 12.5. The van der Waals surface area contributed by atoms with E-state index >= 15 is 0 Å². The Morgan fingerprint density at radius 3 is 2.20 bits per heavy atom. The minimum atomic E-state index is -0.871. The molecule has 0 aliphatic rings. The van der Waals surface area contributed by atoms with Crippen LogP contribution in [0.3, 0.4) is 0 Å². The van der Waals surface area contributed by atoms with Gasteiger partial charge in [0.2, 0.25) is 0 Å². The summed E-state index contributed by atoms with van der Waals surface area (Å²) < 4.78 is 1.97. The van der Waals surface area contributed by atoms with E-state index in [2.05, 4.69) is 45.0 Å². The van der Waals surface area contributed by atoms with Crippen LogP contribution >= 0.6 is 0 Å². The third-order valence-corrected chi connectivity index (χ3v) is 3.65. The van der Waals surface area contributed by atoms with Gasteiger partial charge >= 0.3 is 5.97 Å². The summed E-state index contributed by atoms with van der Waals surface area (Å²) >= 11 is 0. The van der Waals surface area contributed by atoms with E-state index in [1.165, 1.54) is 11.1 Å². The summed E-state index contributed by atoms with van der Waals surface area (Å²) in [5.74, 6) is -0.871. The molecule has 1 N–H and O–H groups in total. The topological polar surface area (TPSA) is 42.2 Å². The van der Waals surface area contributed by atoms with Crippen LogP contribution in [0, 0.1) is 6.92 Å². The molecule has 0 saturated carbocycles. The zero-order valence-electron chi connectivity index (χ0n) is 12.5. The van der Waals surface area contributed by atoms with Crippen LogP contribution in [0.5, 0.6) is 0 Å². The maximum absolute atomic E-state index is 11.0. The highest BCUT2D eigenvalue weighted by Gasteiger charge is 2.14. The van der Waals surface area contributed by atoms with Gasteiger partial charge in [-0.15, -0.1) is 0 Å². The van der Waals surface area contributed by atoms with Crippen molar-refractivity contribution in [3.8, 4) is 0 Å². The van der Waals surface area contributed by atoms with Crippen LogP contribution < -0.4 is 0 Å². The van der Waals surface area contributed by atoms with Crippen LogP contribution in [0.2, 0.25) is 0 Å². The van der Waals surface area contributed by atoms with Gasteiger partial charge in [-0.3, -0.25) is 0 Å². The Morgan fingerprint density at radius 2 is 1.75 bits per heavy atom. The van der Waals surface area contributed by atoms with Gasteiger partial charge in [-0.1, -0.05) is 45.0 Å². The van der Waals surface area contributed by atoms with Crippen molar-refractivity contribution >= 4 is 5.97 Å². The first-order valence-electron chi connectivity index (χ1n) is 6.77. The molecule has 1 aromatic carbocycles. The molecule has 0 radical (unpaired) electrons. The predicted octanol–water partition coefficient (Wildman–Crippen LogP) is 3.84. The van der Waals surface area contributed by atoms with E-state index < -0.39 is 5.97 Å². The smallest absolute Gasteiger partial charge is 0.337 e. The summed E-state index contributed by atoms with van der Waals surface area (Å²) in [4.78, 5) is 11.0. The molecule has 0 unspecified atom stereocenters. The van der Waals surface area contributed by atoms with E-state index in [4.69, 9.17) is 5.11 Å². The Morgan fingerprint density at radius 1 is 1.15 bits per heavy atom. The third-order valence-electron chi connectivity index (χ3n) is 3.65. The Kier molecular flexibility index (Phi) is 3.71. The van der Waals surface area contributed by atoms with Crippen LogP contribution in [0.15, 0.2) is 36.5 Å². The lowest BCUT2D eigenvalue weighted by Gasteiger charge is -2.19. The Bertz CT molecular complexity index is 615. The molecular weight excluding hydrogens is 250 g/mol. The Hall–Kier alpha value is -2.03. The lowest BCUT2D eigenvalue weighted by Crippen LogP contribution is -2.11. The lowest BCUT2D eigenvalue weighted by molar-refractivity contribution is 0.0696. The molecule has 3 nitrogen and oxygen atoms in total. The van der Waals surface area contributed by atoms with Crippen LogP contribution in [0.4, 0.5) is 0 Å². The molecule has 0 fully saturated rings. The van der Waals surface area contributed by atoms with E-state index in [0.29, 0.717) is 12.1 Å². The summed E-state index contributed by atoms with van der Waals surface area (Å²) in [6.07, 6.45) is 1.83. The monoisotopic (exact) mass is 271 g/mol. The van der Waals surface area contributed by atoms with E-state index in [-0.39, 0.29) is 5.41 Å². The first kappa shape index (κ1) is 14.4. The summed E-state index contributed by atoms with van der Waals surface area (Å²) in [6, 6.07) is 10.2. The van der Waals surface area contributed by atoms with Gasteiger partial charge in [0.05, 0.1) is 5.56 Å². The van der Waals surface area contributed by atoms with Crippen molar-refractivity contribution in [2.45, 2.75) is 39.7 Å². The van der Waals surface area contributed by atoms with Crippen molar-refractivity contribution in [1.82, 2.24) is 4.57 Å². The molecule has 0 atom stereocenters. The molecule has 106 valence electrons. The van der Waals surface area contributed by atoms with Gasteiger partial charge in [0.1, 0.15) is 0 Å². The maximum atomic E-state index is 11.0. The molecule has 20 heavy (non-hydrogen) atoms. The van der Waals surface area contributed by atoms with Crippen molar-refractivity contribution < 1.29 is 9.90 Å². The second-order valence-corrected chi connectivity index (χ2v) is 6.19. The molecule has 0 bridgehead atoms. The van der Waals surface area contributed by atoms with Crippen LogP contribution in [-0.2, 0) is 12.0 Å². The highest BCUT2D eigenvalue weighted by Crippen LogP contribution is 2.22. The number of benzene rings is 1. The number of carboxylic acid groups (broad SMARTS) is 1. The lowest BCUT2D eigenvalue weighted by atomic mass is 9.87.